The quantitative estimate of drug-likeness (QED) is 0.748. The first-order valence-electron chi connectivity index (χ1n) is 5.79. The highest BCUT2D eigenvalue weighted by molar-refractivity contribution is 5.55. The molecular formula is C13H17NO3. The van der Waals surface area contributed by atoms with Crippen molar-refractivity contribution in [3.05, 3.63) is 17.7 Å². The topological polar surface area (TPSA) is 53.7 Å². The summed E-state index contributed by atoms with van der Waals surface area (Å²) in [6, 6.07) is 3.82. The molecule has 4 nitrogen and oxygen atoms in total. The second kappa shape index (κ2) is 3.07. The monoisotopic (exact) mass is 235 g/mol. The van der Waals surface area contributed by atoms with Crippen LogP contribution >= 0.6 is 0 Å². The van der Waals surface area contributed by atoms with Gasteiger partial charge in [-0.25, -0.2) is 0 Å². The van der Waals surface area contributed by atoms with E-state index in [2.05, 4.69) is 0 Å². The van der Waals surface area contributed by atoms with Crippen molar-refractivity contribution in [1.82, 2.24) is 0 Å². The second-order valence-corrected chi connectivity index (χ2v) is 5.66. The van der Waals surface area contributed by atoms with Gasteiger partial charge in [-0.3, -0.25) is 0 Å². The van der Waals surface area contributed by atoms with Crippen molar-refractivity contribution in [3.63, 3.8) is 0 Å². The zero-order valence-corrected chi connectivity index (χ0v) is 10.4. The van der Waals surface area contributed by atoms with Gasteiger partial charge in [-0.1, -0.05) is 0 Å². The fourth-order valence-corrected chi connectivity index (χ4v) is 2.77. The Balaban J connectivity index is 2.15. The lowest BCUT2D eigenvalue weighted by molar-refractivity contribution is 0.0501. The molecule has 0 fully saturated rings. The molecular weight excluding hydrogens is 218 g/mol. The summed E-state index contributed by atoms with van der Waals surface area (Å²) in [4.78, 5) is 0. The van der Waals surface area contributed by atoms with Crippen molar-refractivity contribution in [2.75, 3.05) is 6.79 Å². The van der Waals surface area contributed by atoms with Gasteiger partial charge >= 0.3 is 0 Å². The highest BCUT2D eigenvalue weighted by Crippen LogP contribution is 2.47. The maximum Gasteiger partial charge on any atom is 0.231 e. The minimum absolute atomic E-state index is 0.260. The first-order chi connectivity index (χ1) is 7.87. The normalized spacial score (nSPS) is 28.5. The molecule has 0 aromatic heterocycles. The van der Waals surface area contributed by atoms with E-state index in [1.165, 1.54) is 0 Å². The van der Waals surface area contributed by atoms with E-state index in [-0.39, 0.29) is 12.4 Å². The molecule has 0 radical (unpaired) electrons. The maximum absolute atomic E-state index is 6.38. The van der Waals surface area contributed by atoms with Crippen molar-refractivity contribution in [3.8, 4) is 17.2 Å². The summed E-state index contributed by atoms with van der Waals surface area (Å²) >= 11 is 0. The van der Waals surface area contributed by atoms with E-state index in [0.29, 0.717) is 0 Å². The highest BCUT2D eigenvalue weighted by Gasteiger charge is 2.40. The Labute approximate surface area is 101 Å². The molecule has 2 N–H and O–H groups in total. The zero-order valence-electron chi connectivity index (χ0n) is 10.4. The van der Waals surface area contributed by atoms with Gasteiger partial charge in [-0.05, 0) is 26.8 Å². The van der Waals surface area contributed by atoms with E-state index in [0.717, 1.165) is 29.2 Å². The standard InChI is InChI=1S/C13H17NO3/c1-12(2)6-13(3,14)8-4-10-11(16-7-15-10)5-9(8)17-12/h4-5H,6-7,14H2,1-3H3. The van der Waals surface area contributed by atoms with Gasteiger partial charge in [0.25, 0.3) is 0 Å². The lowest BCUT2D eigenvalue weighted by Gasteiger charge is -2.42. The molecule has 1 unspecified atom stereocenters. The third-order valence-electron chi connectivity index (χ3n) is 3.27. The molecule has 17 heavy (non-hydrogen) atoms. The first kappa shape index (κ1) is 10.7. The lowest BCUT2D eigenvalue weighted by Crippen LogP contribution is -2.47. The van der Waals surface area contributed by atoms with Gasteiger partial charge in [0, 0.05) is 23.6 Å². The van der Waals surface area contributed by atoms with Crippen molar-refractivity contribution < 1.29 is 14.2 Å². The average Bonchev–Trinajstić information content (AvgIpc) is 2.58. The van der Waals surface area contributed by atoms with Crippen LogP contribution in [-0.2, 0) is 5.54 Å². The summed E-state index contributed by atoms with van der Waals surface area (Å²) in [6.07, 6.45) is 0.770. The van der Waals surface area contributed by atoms with Crippen LogP contribution in [0.2, 0.25) is 0 Å². The van der Waals surface area contributed by atoms with Crippen molar-refractivity contribution in [2.45, 2.75) is 38.3 Å². The molecule has 0 aliphatic carbocycles. The number of fused-ring (bicyclic) bond motifs is 2. The first-order valence-corrected chi connectivity index (χ1v) is 5.79. The number of nitrogens with two attached hydrogens (primary N) is 1. The Kier molecular flexibility index (Phi) is 1.94. The molecule has 3 rings (SSSR count). The smallest absolute Gasteiger partial charge is 0.231 e. The molecule has 0 amide bonds. The third-order valence-corrected chi connectivity index (χ3v) is 3.27. The molecule has 0 saturated carbocycles. The van der Waals surface area contributed by atoms with Crippen LogP contribution in [0, 0.1) is 0 Å². The molecule has 1 atom stereocenters. The minimum atomic E-state index is -0.405. The van der Waals surface area contributed by atoms with Crippen molar-refractivity contribution in [1.29, 1.82) is 0 Å². The SMILES string of the molecule is CC1(C)CC(C)(N)c2cc3c(cc2O1)OCO3. The molecule has 92 valence electrons. The van der Waals surface area contributed by atoms with Crippen LogP contribution in [0.1, 0.15) is 32.8 Å². The van der Waals surface area contributed by atoms with Gasteiger partial charge in [-0.15, -0.1) is 0 Å². The lowest BCUT2D eigenvalue weighted by atomic mass is 9.80. The number of ether oxygens (including phenoxy) is 3. The number of rotatable bonds is 0. The van der Waals surface area contributed by atoms with Gasteiger partial charge in [0.1, 0.15) is 11.4 Å². The van der Waals surface area contributed by atoms with E-state index in [1.54, 1.807) is 0 Å². The molecule has 0 bridgehead atoms. The fourth-order valence-electron chi connectivity index (χ4n) is 2.77. The van der Waals surface area contributed by atoms with E-state index in [1.807, 2.05) is 32.9 Å². The Morgan fingerprint density at radius 3 is 2.41 bits per heavy atom. The van der Waals surface area contributed by atoms with Crippen LogP contribution in [0.25, 0.3) is 0 Å². The summed E-state index contributed by atoms with van der Waals surface area (Å²) in [5.74, 6) is 2.29. The van der Waals surface area contributed by atoms with Gasteiger partial charge < -0.3 is 19.9 Å². The highest BCUT2D eigenvalue weighted by atomic mass is 16.7. The number of hydrogen-bond acceptors (Lipinski definition) is 4. The van der Waals surface area contributed by atoms with Crippen LogP contribution in [-0.4, -0.2) is 12.4 Å². The molecule has 4 heteroatoms. The summed E-state index contributed by atoms with van der Waals surface area (Å²) < 4.78 is 16.7. The van der Waals surface area contributed by atoms with E-state index < -0.39 is 5.54 Å². The van der Waals surface area contributed by atoms with Crippen molar-refractivity contribution >= 4 is 0 Å². The van der Waals surface area contributed by atoms with Crippen LogP contribution in [0.15, 0.2) is 12.1 Å². The number of hydrogen-bond donors (Lipinski definition) is 1. The average molecular weight is 235 g/mol. The second-order valence-electron chi connectivity index (χ2n) is 5.66. The minimum Gasteiger partial charge on any atom is -0.487 e. The molecule has 2 aliphatic heterocycles. The summed E-state index contributed by atoms with van der Waals surface area (Å²) in [6.45, 7) is 6.39. The molecule has 1 aromatic rings. The van der Waals surface area contributed by atoms with Gasteiger partial charge in [0.2, 0.25) is 6.79 Å². The van der Waals surface area contributed by atoms with Crippen molar-refractivity contribution in [2.24, 2.45) is 5.73 Å². The third kappa shape index (κ3) is 1.63. The Hall–Kier alpha value is -1.42. The van der Waals surface area contributed by atoms with Gasteiger partial charge in [0.05, 0.1) is 0 Å². The molecule has 1 aromatic carbocycles. The van der Waals surface area contributed by atoms with Gasteiger partial charge in [0.15, 0.2) is 11.5 Å². The zero-order chi connectivity index (χ0) is 12.3. The van der Waals surface area contributed by atoms with E-state index in [9.17, 15) is 0 Å². The van der Waals surface area contributed by atoms with Crippen LogP contribution in [0.3, 0.4) is 0 Å². The summed E-state index contributed by atoms with van der Waals surface area (Å²) in [5, 5.41) is 0. The predicted molar refractivity (Wildman–Crippen MR) is 63.4 cm³/mol. The Morgan fingerprint density at radius 1 is 1.06 bits per heavy atom. The Bertz CT molecular complexity index is 480. The molecule has 0 spiro atoms. The molecule has 2 aliphatic rings. The fraction of sp³-hybridized carbons (Fsp3) is 0.538. The van der Waals surface area contributed by atoms with Crippen LogP contribution in [0.5, 0.6) is 17.2 Å². The van der Waals surface area contributed by atoms with Gasteiger partial charge in [-0.2, -0.15) is 0 Å². The summed E-state index contributed by atoms with van der Waals surface area (Å²) in [7, 11) is 0. The summed E-state index contributed by atoms with van der Waals surface area (Å²) in [5.41, 5.74) is 6.71. The van der Waals surface area contributed by atoms with Crippen LogP contribution < -0.4 is 19.9 Å². The van der Waals surface area contributed by atoms with E-state index in [4.69, 9.17) is 19.9 Å². The molecule has 0 saturated heterocycles. The largest absolute Gasteiger partial charge is 0.487 e. The predicted octanol–water partition coefficient (Wildman–Crippen LogP) is 2.15. The molecule has 2 heterocycles. The van der Waals surface area contributed by atoms with E-state index >= 15 is 0 Å². The maximum atomic E-state index is 6.38. The Morgan fingerprint density at radius 2 is 1.71 bits per heavy atom. The number of benzene rings is 1. The van der Waals surface area contributed by atoms with Crippen LogP contribution in [0.4, 0.5) is 0 Å².